The van der Waals surface area contributed by atoms with Crippen LogP contribution in [-0.2, 0) is 9.53 Å². The van der Waals surface area contributed by atoms with Crippen LogP contribution in [0.5, 0.6) is 0 Å². The molecule has 0 radical (unpaired) electrons. The lowest BCUT2D eigenvalue weighted by atomic mass is 9.98. The van der Waals surface area contributed by atoms with Crippen LogP contribution < -0.4 is 5.32 Å². The molecule has 0 heterocycles. The fourth-order valence-electron chi connectivity index (χ4n) is 1.80. The fraction of sp³-hybridized carbons (Fsp3) is 0.562. The maximum Gasteiger partial charge on any atom is 0.250 e. The van der Waals surface area contributed by atoms with Crippen molar-refractivity contribution in [2.75, 3.05) is 11.9 Å². The van der Waals surface area contributed by atoms with E-state index < -0.39 is 0 Å². The van der Waals surface area contributed by atoms with E-state index in [-0.39, 0.29) is 18.1 Å². The largest absolute Gasteiger partial charge is 0.366 e. The number of benzene rings is 1. The summed E-state index contributed by atoms with van der Waals surface area (Å²) in [4.78, 5) is 12.0. The number of carbonyl (C=O) groups excluding carboxylic acids is 1. The van der Waals surface area contributed by atoms with E-state index >= 15 is 0 Å². The summed E-state index contributed by atoms with van der Waals surface area (Å²) < 4.78 is 5.49. The van der Waals surface area contributed by atoms with Crippen molar-refractivity contribution in [1.82, 2.24) is 0 Å². The number of carbonyl (C=O) groups is 1. The van der Waals surface area contributed by atoms with Gasteiger partial charge in [-0.15, -0.1) is 0 Å². The maximum atomic E-state index is 12.0. The molecule has 19 heavy (non-hydrogen) atoms. The van der Waals surface area contributed by atoms with Crippen molar-refractivity contribution in [2.45, 2.75) is 53.1 Å². The topological polar surface area (TPSA) is 38.3 Å². The molecule has 0 atom stereocenters. The second kappa shape index (κ2) is 6.20. The molecule has 1 aromatic carbocycles. The number of hydrogen-bond donors (Lipinski definition) is 1. The minimum Gasteiger partial charge on any atom is -0.366 e. The Morgan fingerprint density at radius 3 is 2.47 bits per heavy atom. The quantitative estimate of drug-likeness (QED) is 0.895. The van der Waals surface area contributed by atoms with Crippen molar-refractivity contribution in [3.05, 3.63) is 29.3 Å². The predicted molar refractivity (Wildman–Crippen MR) is 79.6 cm³/mol. The van der Waals surface area contributed by atoms with Crippen LogP contribution in [0, 0.1) is 6.92 Å². The Balaban J connectivity index is 2.79. The molecule has 0 aliphatic carbocycles. The van der Waals surface area contributed by atoms with Gasteiger partial charge in [0.25, 0.3) is 0 Å². The third kappa shape index (κ3) is 5.03. The van der Waals surface area contributed by atoms with E-state index in [1.807, 2.05) is 39.8 Å². The molecule has 3 heteroatoms. The number of rotatable bonds is 4. The Kier molecular flexibility index (Phi) is 5.12. The molecule has 1 amide bonds. The smallest absolute Gasteiger partial charge is 0.250 e. The molecule has 0 saturated carbocycles. The lowest BCUT2D eigenvalue weighted by molar-refractivity contribution is -0.125. The van der Waals surface area contributed by atoms with Gasteiger partial charge >= 0.3 is 0 Å². The first-order valence-electron chi connectivity index (χ1n) is 6.74. The summed E-state index contributed by atoms with van der Waals surface area (Å²) in [6, 6.07) is 6.08. The van der Waals surface area contributed by atoms with Crippen LogP contribution in [0.25, 0.3) is 0 Å². The second-order valence-corrected chi connectivity index (χ2v) is 6.14. The molecule has 0 aliphatic rings. The maximum absolute atomic E-state index is 12.0. The van der Waals surface area contributed by atoms with Crippen molar-refractivity contribution >= 4 is 11.6 Å². The Morgan fingerprint density at radius 1 is 1.32 bits per heavy atom. The van der Waals surface area contributed by atoms with Gasteiger partial charge in [-0.25, -0.2) is 0 Å². The van der Waals surface area contributed by atoms with Crippen LogP contribution in [0.2, 0.25) is 0 Å². The number of hydrogen-bond acceptors (Lipinski definition) is 2. The first kappa shape index (κ1) is 15.7. The van der Waals surface area contributed by atoms with Crippen molar-refractivity contribution in [3.8, 4) is 0 Å². The Morgan fingerprint density at radius 2 is 1.95 bits per heavy atom. The Bertz CT molecular complexity index is 445. The molecule has 0 unspecified atom stereocenters. The van der Waals surface area contributed by atoms with Crippen LogP contribution in [0.3, 0.4) is 0 Å². The summed E-state index contributed by atoms with van der Waals surface area (Å²) >= 11 is 0. The van der Waals surface area contributed by atoms with Gasteiger partial charge in [-0.1, -0.05) is 32.0 Å². The van der Waals surface area contributed by atoms with Gasteiger partial charge in [0.2, 0.25) is 5.91 Å². The molecule has 0 bridgehead atoms. The van der Waals surface area contributed by atoms with E-state index in [4.69, 9.17) is 4.74 Å². The van der Waals surface area contributed by atoms with Crippen LogP contribution in [0.4, 0.5) is 5.69 Å². The van der Waals surface area contributed by atoms with E-state index in [9.17, 15) is 4.79 Å². The zero-order valence-corrected chi connectivity index (χ0v) is 12.8. The van der Waals surface area contributed by atoms with Gasteiger partial charge in [0, 0.05) is 5.69 Å². The summed E-state index contributed by atoms with van der Waals surface area (Å²) in [5, 5.41) is 2.97. The first-order valence-corrected chi connectivity index (χ1v) is 6.74. The molecule has 0 aromatic heterocycles. The lowest BCUT2D eigenvalue weighted by Crippen LogP contribution is -2.27. The molecule has 106 valence electrons. The van der Waals surface area contributed by atoms with Crippen LogP contribution in [0.1, 0.15) is 51.7 Å². The van der Waals surface area contributed by atoms with Gasteiger partial charge in [0.05, 0.1) is 5.60 Å². The lowest BCUT2D eigenvalue weighted by Gasteiger charge is -2.20. The standard InChI is InChI=1S/C16H25NO2/c1-11(2)13-9-7-8-12(3)15(13)17-14(18)10-19-16(4,5)6/h7-9,11H,10H2,1-6H3,(H,17,18). The molecular weight excluding hydrogens is 238 g/mol. The van der Waals surface area contributed by atoms with E-state index in [0.29, 0.717) is 5.92 Å². The molecular formula is C16H25NO2. The molecule has 1 rings (SSSR count). The summed E-state index contributed by atoms with van der Waals surface area (Å²) in [6.45, 7) is 12.1. The highest BCUT2D eigenvalue weighted by atomic mass is 16.5. The average Bonchev–Trinajstić information content (AvgIpc) is 2.28. The van der Waals surface area contributed by atoms with Crippen molar-refractivity contribution in [1.29, 1.82) is 0 Å². The van der Waals surface area contributed by atoms with Gasteiger partial charge in [-0.2, -0.15) is 0 Å². The van der Waals surface area contributed by atoms with Gasteiger partial charge in [0.15, 0.2) is 0 Å². The summed E-state index contributed by atoms with van der Waals surface area (Å²) in [7, 11) is 0. The molecule has 0 aliphatic heterocycles. The molecule has 1 N–H and O–H groups in total. The van der Waals surface area contributed by atoms with Gasteiger partial charge in [-0.3, -0.25) is 4.79 Å². The van der Waals surface area contributed by atoms with Gasteiger partial charge in [-0.05, 0) is 44.7 Å². The number of anilines is 1. The number of amides is 1. The minimum atomic E-state index is -0.302. The zero-order chi connectivity index (χ0) is 14.6. The number of ether oxygens (including phenoxy) is 1. The van der Waals surface area contributed by atoms with Crippen molar-refractivity contribution in [2.24, 2.45) is 0 Å². The van der Waals surface area contributed by atoms with E-state index in [1.165, 1.54) is 0 Å². The van der Waals surface area contributed by atoms with Crippen LogP contribution in [0.15, 0.2) is 18.2 Å². The number of aryl methyl sites for hydroxylation is 1. The highest BCUT2D eigenvalue weighted by molar-refractivity contribution is 5.93. The number of nitrogens with one attached hydrogen (secondary N) is 1. The average molecular weight is 263 g/mol. The minimum absolute atomic E-state index is 0.0787. The Hall–Kier alpha value is -1.35. The predicted octanol–water partition coefficient (Wildman–Crippen LogP) is 3.87. The normalized spacial score (nSPS) is 11.7. The summed E-state index contributed by atoms with van der Waals surface area (Å²) in [6.07, 6.45) is 0. The van der Waals surface area contributed by atoms with Crippen molar-refractivity contribution < 1.29 is 9.53 Å². The van der Waals surface area contributed by atoms with Gasteiger partial charge < -0.3 is 10.1 Å². The van der Waals surface area contributed by atoms with Crippen molar-refractivity contribution in [3.63, 3.8) is 0 Å². The first-order chi connectivity index (χ1) is 8.70. The molecule has 0 saturated heterocycles. The SMILES string of the molecule is Cc1cccc(C(C)C)c1NC(=O)COC(C)(C)C. The highest BCUT2D eigenvalue weighted by Gasteiger charge is 2.15. The zero-order valence-electron chi connectivity index (χ0n) is 12.8. The van der Waals surface area contributed by atoms with Gasteiger partial charge in [0.1, 0.15) is 6.61 Å². The van der Waals surface area contributed by atoms with Crippen LogP contribution in [-0.4, -0.2) is 18.1 Å². The molecule has 1 aromatic rings. The third-order valence-corrected chi connectivity index (χ3v) is 2.83. The van der Waals surface area contributed by atoms with E-state index in [0.717, 1.165) is 16.8 Å². The number of para-hydroxylation sites is 1. The fourth-order valence-corrected chi connectivity index (χ4v) is 1.80. The Labute approximate surface area is 116 Å². The van der Waals surface area contributed by atoms with Crippen LogP contribution >= 0.6 is 0 Å². The summed E-state index contributed by atoms with van der Waals surface area (Å²) in [5.74, 6) is 0.268. The molecule has 3 nitrogen and oxygen atoms in total. The third-order valence-electron chi connectivity index (χ3n) is 2.83. The molecule has 0 spiro atoms. The molecule has 0 fully saturated rings. The van der Waals surface area contributed by atoms with E-state index in [1.54, 1.807) is 0 Å². The summed E-state index contributed by atoms with van der Waals surface area (Å²) in [5.41, 5.74) is 2.85. The van der Waals surface area contributed by atoms with E-state index in [2.05, 4.69) is 25.2 Å². The highest BCUT2D eigenvalue weighted by Crippen LogP contribution is 2.27. The monoisotopic (exact) mass is 263 g/mol. The second-order valence-electron chi connectivity index (χ2n) is 6.14.